The van der Waals surface area contributed by atoms with Gasteiger partial charge in [0.05, 0.1) is 18.2 Å². The van der Waals surface area contributed by atoms with E-state index in [1.807, 2.05) is 37.3 Å². The highest BCUT2D eigenvalue weighted by molar-refractivity contribution is 6.12. The zero-order chi connectivity index (χ0) is 25.6. The summed E-state index contributed by atoms with van der Waals surface area (Å²) in [6.07, 6.45) is 2.44. The van der Waals surface area contributed by atoms with Crippen LogP contribution >= 0.6 is 0 Å². The van der Waals surface area contributed by atoms with Crippen LogP contribution in [0.25, 0.3) is 10.8 Å². The Morgan fingerprint density at radius 2 is 1.94 bits per heavy atom. The Bertz CT molecular complexity index is 1110. The van der Waals surface area contributed by atoms with Crippen LogP contribution in [0.1, 0.15) is 59.1 Å². The average Bonchev–Trinajstić information content (AvgIpc) is 3.29. The molecule has 0 saturated heterocycles. The number of amides is 1. The summed E-state index contributed by atoms with van der Waals surface area (Å²) >= 11 is 0. The maximum absolute atomic E-state index is 13.4. The largest absolute Gasteiger partial charge is 0.463 e. The monoisotopic (exact) mass is 485 g/mol. The van der Waals surface area contributed by atoms with Crippen molar-refractivity contribution in [3.8, 4) is 0 Å². The molecule has 9 heteroatoms. The van der Waals surface area contributed by atoms with Crippen LogP contribution < -0.4 is 5.32 Å². The van der Waals surface area contributed by atoms with Gasteiger partial charge in [-0.05, 0) is 24.8 Å². The van der Waals surface area contributed by atoms with Gasteiger partial charge in [0.15, 0.2) is 5.78 Å². The molecule has 8 nitrogen and oxygen atoms in total. The van der Waals surface area contributed by atoms with E-state index in [0.717, 1.165) is 17.2 Å². The number of aromatic nitrogens is 1. The Morgan fingerprint density at radius 3 is 2.63 bits per heavy atom. The standard InChI is InChI=1S/C26H32FN3O5/c1-5-8-17(4)34-23(32)13-20(22(31)15-27)29-25(33)26(16(2)3)14-21(30-35-26)24-19-10-7-6-9-18(19)11-12-28-24/h6-7,9-12,16-17,20H,5,8,13-15H2,1-4H3,(H,29,33)/t17?,20-,26+/m0/s1. The van der Waals surface area contributed by atoms with Crippen molar-refractivity contribution >= 4 is 34.1 Å². The second-order valence-corrected chi connectivity index (χ2v) is 9.15. The minimum atomic E-state index is -1.44. The van der Waals surface area contributed by atoms with Gasteiger partial charge in [0.25, 0.3) is 5.91 Å². The second-order valence-electron chi connectivity index (χ2n) is 9.15. The molecule has 0 fully saturated rings. The Hall–Kier alpha value is -3.36. The van der Waals surface area contributed by atoms with Crippen LogP contribution in [0.15, 0.2) is 41.7 Å². The Morgan fingerprint density at radius 1 is 1.20 bits per heavy atom. The van der Waals surface area contributed by atoms with Gasteiger partial charge in [-0.25, -0.2) is 4.39 Å². The SMILES string of the molecule is CCCC(C)OC(=O)C[C@H](NC(=O)[C@]1(C(C)C)CC(c2nccc3ccccc23)=NO1)C(=O)CF. The third-order valence-corrected chi connectivity index (χ3v) is 6.24. The van der Waals surface area contributed by atoms with Crippen LogP contribution in [0.4, 0.5) is 4.39 Å². The molecule has 188 valence electrons. The normalized spacial score (nSPS) is 19.1. The number of carbonyl (C=O) groups is 3. The number of oxime groups is 1. The molecule has 1 N–H and O–H groups in total. The van der Waals surface area contributed by atoms with Crippen LogP contribution in [0.5, 0.6) is 0 Å². The van der Waals surface area contributed by atoms with Gasteiger partial charge in [-0.15, -0.1) is 0 Å². The molecule has 2 heterocycles. The lowest BCUT2D eigenvalue weighted by atomic mass is 9.83. The number of ketones is 1. The number of fused-ring (bicyclic) bond motifs is 1. The van der Waals surface area contributed by atoms with Gasteiger partial charge in [0, 0.05) is 23.9 Å². The van der Waals surface area contributed by atoms with Gasteiger partial charge < -0.3 is 14.9 Å². The van der Waals surface area contributed by atoms with Crippen molar-refractivity contribution in [2.45, 2.75) is 71.1 Å². The topological polar surface area (TPSA) is 107 Å². The number of ether oxygens (including phenoxy) is 1. The molecule has 1 amide bonds. The zero-order valence-corrected chi connectivity index (χ0v) is 20.5. The zero-order valence-electron chi connectivity index (χ0n) is 20.5. The number of halogens is 1. The van der Waals surface area contributed by atoms with Crippen molar-refractivity contribution in [3.63, 3.8) is 0 Å². The predicted octanol–water partition coefficient (Wildman–Crippen LogP) is 3.90. The summed E-state index contributed by atoms with van der Waals surface area (Å²) in [4.78, 5) is 48.2. The lowest BCUT2D eigenvalue weighted by Crippen LogP contribution is -2.56. The van der Waals surface area contributed by atoms with Gasteiger partial charge in [0.1, 0.15) is 18.4 Å². The van der Waals surface area contributed by atoms with Crippen molar-refractivity contribution in [3.05, 3.63) is 42.2 Å². The van der Waals surface area contributed by atoms with Crippen molar-refractivity contribution in [2.24, 2.45) is 11.1 Å². The minimum absolute atomic E-state index is 0.103. The maximum atomic E-state index is 13.4. The Balaban J connectivity index is 1.79. The Kier molecular flexibility index (Phi) is 8.53. The summed E-state index contributed by atoms with van der Waals surface area (Å²) in [5, 5.41) is 8.55. The molecule has 1 aromatic heterocycles. The number of pyridine rings is 1. The number of nitrogens with one attached hydrogen (secondary N) is 1. The molecule has 1 aliphatic rings. The number of hydrogen-bond donors (Lipinski definition) is 1. The van der Waals surface area contributed by atoms with Gasteiger partial charge in [-0.1, -0.05) is 56.6 Å². The maximum Gasteiger partial charge on any atom is 0.308 e. The fourth-order valence-electron chi connectivity index (χ4n) is 4.14. The predicted molar refractivity (Wildman–Crippen MR) is 130 cm³/mol. The molecule has 0 radical (unpaired) electrons. The summed E-state index contributed by atoms with van der Waals surface area (Å²) in [5.74, 6) is -2.59. The number of hydrogen-bond acceptors (Lipinski definition) is 7. The van der Waals surface area contributed by atoms with Gasteiger partial charge in [0.2, 0.25) is 5.60 Å². The van der Waals surface area contributed by atoms with Gasteiger partial charge >= 0.3 is 5.97 Å². The molecule has 0 spiro atoms. The van der Waals surface area contributed by atoms with Crippen LogP contribution in [0.3, 0.4) is 0 Å². The molecular weight excluding hydrogens is 453 g/mol. The third-order valence-electron chi connectivity index (χ3n) is 6.24. The summed E-state index contributed by atoms with van der Waals surface area (Å²) in [6, 6.07) is 8.18. The van der Waals surface area contributed by atoms with E-state index >= 15 is 0 Å². The van der Waals surface area contributed by atoms with Crippen LogP contribution in [0.2, 0.25) is 0 Å². The van der Waals surface area contributed by atoms with E-state index in [4.69, 9.17) is 9.57 Å². The van der Waals surface area contributed by atoms with E-state index in [0.29, 0.717) is 17.8 Å². The highest BCUT2D eigenvalue weighted by Crippen LogP contribution is 2.35. The molecular formula is C26H32FN3O5. The molecule has 2 aromatic rings. The lowest BCUT2D eigenvalue weighted by molar-refractivity contribution is -0.154. The van der Waals surface area contributed by atoms with E-state index in [-0.39, 0.29) is 18.4 Å². The molecule has 1 aliphatic heterocycles. The number of Topliss-reactive ketones (excluding diaryl/α,β-unsaturated/α-hetero) is 1. The first-order valence-corrected chi connectivity index (χ1v) is 11.9. The van der Waals surface area contributed by atoms with E-state index in [9.17, 15) is 18.8 Å². The van der Waals surface area contributed by atoms with Crippen molar-refractivity contribution < 1.29 is 28.3 Å². The number of rotatable bonds is 11. The molecule has 0 saturated carbocycles. The number of alkyl halides is 1. The molecule has 3 rings (SSSR count). The fraction of sp³-hybridized carbons (Fsp3) is 0.500. The first-order chi connectivity index (χ1) is 16.7. The lowest BCUT2D eigenvalue weighted by Gasteiger charge is -2.30. The quantitative estimate of drug-likeness (QED) is 0.484. The molecule has 1 unspecified atom stereocenters. The Labute approximate surface area is 204 Å². The number of nitrogens with zero attached hydrogens (tertiary/aromatic N) is 2. The molecule has 1 aromatic carbocycles. The van der Waals surface area contributed by atoms with E-state index in [1.54, 1.807) is 27.0 Å². The van der Waals surface area contributed by atoms with Crippen LogP contribution in [0, 0.1) is 5.92 Å². The number of carbonyl (C=O) groups excluding carboxylic acids is 3. The first-order valence-electron chi connectivity index (χ1n) is 11.9. The highest BCUT2D eigenvalue weighted by atomic mass is 19.1. The van der Waals surface area contributed by atoms with Gasteiger partial charge in [-0.3, -0.25) is 19.4 Å². The molecule has 3 atom stereocenters. The van der Waals surface area contributed by atoms with Crippen LogP contribution in [-0.2, 0) is 24.0 Å². The number of esters is 1. The molecule has 0 aliphatic carbocycles. The van der Waals surface area contributed by atoms with Crippen molar-refractivity contribution in [2.75, 3.05) is 6.67 Å². The summed E-state index contributed by atoms with van der Waals surface area (Å²) < 4.78 is 18.6. The summed E-state index contributed by atoms with van der Waals surface area (Å²) in [6.45, 7) is 5.96. The average molecular weight is 486 g/mol. The van der Waals surface area contributed by atoms with Crippen LogP contribution in [-0.4, -0.2) is 52.8 Å². The fourth-order valence-corrected chi connectivity index (χ4v) is 4.14. The van der Waals surface area contributed by atoms with Crippen molar-refractivity contribution in [1.29, 1.82) is 0 Å². The van der Waals surface area contributed by atoms with Crippen molar-refractivity contribution in [1.82, 2.24) is 10.3 Å². The van der Waals surface area contributed by atoms with E-state index < -0.39 is 42.4 Å². The van der Waals surface area contributed by atoms with E-state index in [1.165, 1.54) is 0 Å². The second kappa shape index (κ2) is 11.4. The van der Waals surface area contributed by atoms with E-state index in [2.05, 4.69) is 15.5 Å². The highest BCUT2D eigenvalue weighted by Gasteiger charge is 2.51. The summed E-state index contributed by atoms with van der Waals surface area (Å²) in [7, 11) is 0. The smallest absolute Gasteiger partial charge is 0.308 e. The van der Waals surface area contributed by atoms with Gasteiger partial charge in [-0.2, -0.15) is 0 Å². The number of benzene rings is 1. The molecule has 0 bridgehead atoms. The minimum Gasteiger partial charge on any atom is -0.463 e. The first kappa shape index (κ1) is 26.2. The third kappa shape index (κ3) is 5.83. The summed E-state index contributed by atoms with van der Waals surface area (Å²) in [5.41, 5.74) is -0.350. The molecule has 35 heavy (non-hydrogen) atoms.